The molecule has 1 aliphatic rings. The fourth-order valence-electron chi connectivity index (χ4n) is 3.83. The molecule has 0 saturated carbocycles. The first-order valence-corrected chi connectivity index (χ1v) is 12.5. The Balaban J connectivity index is 1.56. The first-order valence-electron chi connectivity index (χ1n) is 10.8. The molecule has 3 heterocycles. The summed E-state index contributed by atoms with van der Waals surface area (Å²) >= 11 is 3.36. The molecule has 4 rings (SSSR count). The number of anilines is 2. The second-order valence-electron chi connectivity index (χ2n) is 8.51. The number of carbonyl (C=O) groups excluding carboxylic acids is 1. The first kappa shape index (κ1) is 22.7. The number of hydrogen-bond donors (Lipinski definition) is 2. The number of aromatic amines is 1. The van der Waals surface area contributed by atoms with Crippen LogP contribution in [0.3, 0.4) is 0 Å². The van der Waals surface area contributed by atoms with Crippen molar-refractivity contribution >= 4 is 39.4 Å². The average molecular weight is 473 g/mol. The Bertz CT molecular complexity index is 1100. The second kappa shape index (κ2) is 9.56. The van der Waals surface area contributed by atoms with E-state index in [1.807, 2.05) is 13.8 Å². The first-order chi connectivity index (χ1) is 15.3. The molecule has 1 aromatic carbocycles. The number of H-pyrrole nitrogens is 1. The van der Waals surface area contributed by atoms with Crippen LogP contribution in [-0.4, -0.2) is 42.0 Å². The number of rotatable bonds is 7. The van der Waals surface area contributed by atoms with Gasteiger partial charge in [-0.05, 0) is 65.9 Å². The monoisotopic (exact) mass is 472 g/mol. The van der Waals surface area contributed by atoms with E-state index in [2.05, 4.69) is 34.6 Å². The number of likely N-dealkylation sites (tertiary alicyclic amines) is 1. The van der Waals surface area contributed by atoms with Crippen molar-refractivity contribution in [2.75, 3.05) is 25.5 Å². The van der Waals surface area contributed by atoms with Gasteiger partial charge in [-0.15, -0.1) is 11.3 Å². The molecule has 0 radical (unpaired) electrons. The lowest BCUT2D eigenvalue weighted by molar-refractivity contribution is -0.340. The molecule has 7 nitrogen and oxygen atoms in total. The zero-order valence-corrected chi connectivity index (χ0v) is 20.5. The summed E-state index contributed by atoms with van der Waals surface area (Å²) in [6.45, 7) is 8.27. The minimum atomic E-state index is -0.471. The van der Waals surface area contributed by atoms with E-state index in [1.165, 1.54) is 9.88 Å². The SMILES string of the molecule is Cc1nc(C2CCN(C)CC2)sc1-c1csc(Nc2cc(C(N)=O)ccc2OC(C)C)[nH+]1. The van der Waals surface area contributed by atoms with Crippen LogP contribution in [0.15, 0.2) is 23.6 Å². The van der Waals surface area contributed by atoms with Crippen LogP contribution < -0.4 is 20.8 Å². The Kier molecular flexibility index (Phi) is 6.78. The molecule has 1 saturated heterocycles. The summed E-state index contributed by atoms with van der Waals surface area (Å²) in [5, 5.41) is 7.55. The highest BCUT2D eigenvalue weighted by molar-refractivity contribution is 7.16. The van der Waals surface area contributed by atoms with Gasteiger partial charge in [-0.2, -0.15) is 0 Å². The number of aryl methyl sites for hydroxylation is 1. The molecule has 1 amide bonds. The van der Waals surface area contributed by atoms with Crippen molar-refractivity contribution in [1.82, 2.24) is 9.88 Å². The maximum atomic E-state index is 11.7. The molecule has 170 valence electrons. The van der Waals surface area contributed by atoms with Crippen molar-refractivity contribution in [3.63, 3.8) is 0 Å². The maximum Gasteiger partial charge on any atom is 0.337 e. The smallest absolute Gasteiger partial charge is 0.337 e. The summed E-state index contributed by atoms with van der Waals surface area (Å²) < 4.78 is 5.91. The van der Waals surface area contributed by atoms with Crippen molar-refractivity contribution < 1.29 is 14.5 Å². The van der Waals surface area contributed by atoms with Crippen LogP contribution in [0, 0.1) is 6.92 Å². The molecule has 0 spiro atoms. The second-order valence-corrected chi connectivity index (χ2v) is 10.4. The van der Waals surface area contributed by atoms with Gasteiger partial charge in [0.1, 0.15) is 0 Å². The third-order valence-electron chi connectivity index (χ3n) is 5.54. The van der Waals surface area contributed by atoms with Crippen molar-refractivity contribution in [3.05, 3.63) is 39.8 Å². The Hall–Kier alpha value is -2.49. The minimum Gasteiger partial charge on any atom is -0.487 e. The Morgan fingerprint density at radius 2 is 2.09 bits per heavy atom. The lowest BCUT2D eigenvalue weighted by atomic mass is 9.98. The molecule has 2 aromatic heterocycles. The maximum absolute atomic E-state index is 11.7. The molecule has 9 heteroatoms. The number of nitrogens with one attached hydrogen (secondary N) is 2. The summed E-state index contributed by atoms with van der Waals surface area (Å²) in [5.41, 5.74) is 8.71. The standard InChI is InChI=1S/C23H29N5O2S2/c1-13(2)30-19-6-5-16(21(24)29)11-17(19)26-23-27-18(12-31-23)20-14(3)25-22(32-20)15-7-9-28(4)10-8-15/h5-6,11-13,15H,7-10H2,1-4H3,(H2,24,29)(H,26,27)/p+1. The van der Waals surface area contributed by atoms with Crippen LogP contribution in [0.25, 0.3) is 10.6 Å². The number of aromatic nitrogens is 2. The summed E-state index contributed by atoms with van der Waals surface area (Å²) in [6, 6.07) is 5.18. The molecule has 1 aliphatic heterocycles. The Morgan fingerprint density at radius 3 is 2.78 bits per heavy atom. The summed E-state index contributed by atoms with van der Waals surface area (Å²) in [6.07, 6.45) is 2.34. The molecule has 0 unspecified atom stereocenters. The van der Waals surface area contributed by atoms with Crippen LogP contribution in [-0.2, 0) is 0 Å². The molecule has 0 bridgehead atoms. The molecule has 0 atom stereocenters. The topological polar surface area (TPSA) is 94.6 Å². The Labute approximate surface area is 196 Å². The van der Waals surface area contributed by atoms with Crippen molar-refractivity contribution in [2.45, 2.75) is 45.6 Å². The zero-order chi connectivity index (χ0) is 22.8. The number of amides is 1. The lowest BCUT2D eigenvalue weighted by Crippen LogP contribution is -2.29. The zero-order valence-electron chi connectivity index (χ0n) is 18.9. The van der Waals surface area contributed by atoms with Crippen molar-refractivity contribution in [1.29, 1.82) is 0 Å². The van der Waals surface area contributed by atoms with E-state index in [4.69, 9.17) is 15.5 Å². The highest BCUT2D eigenvalue weighted by Crippen LogP contribution is 2.37. The third kappa shape index (κ3) is 5.11. The van der Waals surface area contributed by atoms with Crippen LogP contribution in [0.1, 0.15) is 53.7 Å². The largest absolute Gasteiger partial charge is 0.487 e. The fourth-order valence-corrected chi connectivity index (χ4v) is 5.86. The molecule has 32 heavy (non-hydrogen) atoms. The van der Waals surface area contributed by atoms with E-state index in [-0.39, 0.29) is 6.10 Å². The van der Waals surface area contributed by atoms with E-state index in [9.17, 15) is 4.79 Å². The molecule has 4 N–H and O–H groups in total. The summed E-state index contributed by atoms with van der Waals surface area (Å²) in [4.78, 5) is 23.6. The fraction of sp³-hybridized carbons (Fsp3) is 0.435. The number of carbonyl (C=O) groups is 1. The molecular formula is C23H30N5O2S2+. The summed E-state index contributed by atoms with van der Waals surface area (Å²) in [5.74, 6) is 0.751. The number of hydrogen-bond acceptors (Lipinski definition) is 7. The predicted molar refractivity (Wildman–Crippen MR) is 130 cm³/mol. The molecule has 3 aromatic rings. The van der Waals surface area contributed by atoms with E-state index in [1.54, 1.807) is 40.9 Å². The van der Waals surface area contributed by atoms with E-state index >= 15 is 0 Å². The highest BCUT2D eigenvalue weighted by atomic mass is 32.1. The number of nitrogens with zero attached hydrogens (tertiary/aromatic N) is 2. The van der Waals surface area contributed by atoms with Gasteiger partial charge in [0.05, 0.1) is 21.7 Å². The lowest BCUT2D eigenvalue weighted by Gasteiger charge is -2.27. The van der Waals surface area contributed by atoms with Gasteiger partial charge < -0.3 is 15.4 Å². The number of benzene rings is 1. The average Bonchev–Trinajstić information content (AvgIpc) is 3.35. The Morgan fingerprint density at radius 1 is 1.34 bits per heavy atom. The van der Waals surface area contributed by atoms with Gasteiger partial charge in [-0.25, -0.2) is 15.3 Å². The van der Waals surface area contributed by atoms with Gasteiger partial charge >= 0.3 is 5.13 Å². The van der Waals surface area contributed by atoms with Gasteiger partial charge in [-0.1, -0.05) is 11.3 Å². The number of ether oxygens (including phenoxy) is 1. The highest BCUT2D eigenvalue weighted by Gasteiger charge is 2.24. The predicted octanol–water partition coefficient (Wildman–Crippen LogP) is 4.43. The number of piperidine rings is 1. The van der Waals surface area contributed by atoms with Crippen molar-refractivity contribution in [3.8, 4) is 16.3 Å². The van der Waals surface area contributed by atoms with Gasteiger partial charge in [0, 0.05) is 22.9 Å². The van der Waals surface area contributed by atoms with Gasteiger partial charge in [-0.3, -0.25) is 4.79 Å². The number of thiazole rings is 2. The summed E-state index contributed by atoms with van der Waals surface area (Å²) in [7, 11) is 2.18. The van der Waals surface area contributed by atoms with Crippen LogP contribution >= 0.6 is 22.7 Å². The third-order valence-corrected chi connectivity index (χ3v) is 7.69. The normalized spacial score (nSPS) is 15.3. The van der Waals surface area contributed by atoms with Gasteiger partial charge in [0.25, 0.3) is 0 Å². The van der Waals surface area contributed by atoms with E-state index in [0.717, 1.165) is 42.5 Å². The molecule has 1 fully saturated rings. The van der Waals surface area contributed by atoms with Gasteiger partial charge in [0.2, 0.25) is 5.91 Å². The number of nitrogens with two attached hydrogens (primary N) is 1. The van der Waals surface area contributed by atoms with E-state index in [0.29, 0.717) is 22.9 Å². The minimum absolute atomic E-state index is 0.00990. The number of primary amides is 1. The van der Waals surface area contributed by atoms with Crippen LogP contribution in [0.4, 0.5) is 10.8 Å². The van der Waals surface area contributed by atoms with Crippen LogP contribution in [0.5, 0.6) is 5.75 Å². The van der Waals surface area contributed by atoms with Crippen molar-refractivity contribution in [2.24, 2.45) is 5.73 Å². The van der Waals surface area contributed by atoms with E-state index < -0.39 is 5.91 Å². The van der Waals surface area contributed by atoms with Crippen LogP contribution in [0.2, 0.25) is 0 Å². The molecule has 0 aliphatic carbocycles. The quantitative estimate of drug-likeness (QED) is 0.530. The molecular weight excluding hydrogens is 442 g/mol. The van der Waals surface area contributed by atoms with Gasteiger partial charge in [0.15, 0.2) is 17.1 Å².